The summed E-state index contributed by atoms with van der Waals surface area (Å²) in [5, 5.41) is 4.47. The van der Waals surface area contributed by atoms with E-state index in [1.54, 1.807) is 0 Å². The Hall–Kier alpha value is -0.300. The highest BCUT2D eigenvalue weighted by Gasteiger charge is 1.89. The lowest BCUT2D eigenvalue weighted by molar-refractivity contribution is 0.581. The summed E-state index contributed by atoms with van der Waals surface area (Å²) in [6, 6.07) is 0. The molecule has 1 heteroatoms. The van der Waals surface area contributed by atoms with E-state index in [-0.39, 0.29) is 0 Å². The van der Waals surface area contributed by atoms with Crippen molar-refractivity contribution < 1.29 is 0 Å². The largest absolute Gasteiger partial charge is 0.238 e. The zero-order valence-corrected chi connectivity index (χ0v) is 10.7. The second kappa shape index (κ2) is 13.7. The molecule has 15 heavy (non-hydrogen) atoms. The molecule has 0 spiro atoms. The van der Waals surface area contributed by atoms with Crippen LogP contribution in [0.1, 0.15) is 65.2 Å². The third kappa shape index (κ3) is 13.7. The average Bonchev–Trinajstić information content (AvgIpc) is 2.26. The van der Waals surface area contributed by atoms with Gasteiger partial charge in [0.2, 0.25) is 0 Å². The lowest BCUT2D eigenvalue weighted by Gasteiger charge is -2.00. The van der Waals surface area contributed by atoms with Gasteiger partial charge in [0, 0.05) is 13.1 Å². The minimum atomic E-state index is 0.926. The first-order chi connectivity index (χ1) is 7.41. The molecular formula is C14H28N. The predicted octanol–water partition coefficient (Wildman–Crippen LogP) is 4.31. The highest BCUT2D eigenvalue weighted by Crippen LogP contribution is 2.04. The normalized spacial score (nSPS) is 11.3. The Labute approximate surface area is 96.3 Å². The molecule has 0 aromatic rings. The van der Waals surface area contributed by atoms with Crippen molar-refractivity contribution in [2.24, 2.45) is 0 Å². The monoisotopic (exact) mass is 210 g/mol. The standard InChI is InChI=1S/C14H28N/c1-3-5-7-9-10-12-14-15-13-11-8-6-4-2/h8,11H,3-7,9-10,12-14H2,1-2H3/b11-8+. The van der Waals surface area contributed by atoms with E-state index in [0.717, 1.165) is 13.1 Å². The van der Waals surface area contributed by atoms with Crippen LogP contribution in [0.2, 0.25) is 0 Å². The Morgan fingerprint density at radius 2 is 1.53 bits per heavy atom. The first-order valence-corrected chi connectivity index (χ1v) is 6.70. The topological polar surface area (TPSA) is 14.1 Å². The molecule has 0 heterocycles. The zero-order chi connectivity index (χ0) is 11.2. The molecule has 0 unspecified atom stereocenters. The number of hydrogen-bond donors (Lipinski definition) is 0. The third-order valence-electron chi connectivity index (χ3n) is 2.53. The third-order valence-corrected chi connectivity index (χ3v) is 2.53. The summed E-state index contributed by atoms with van der Waals surface area (Å²) in [5.74, 6) is 0. The summed E-state index contributed by atoms with van der Waals surface area (Å²) in [5.41, 5.74) is 0. The van der Waals surface area contributed by atoms with E-state index in [1.807, 2.05) is 0 Å². The minimum Gasteiger partial charge on any atom is -0.238 e. The minimum absolute atomic E-state index is 0.926. The molecule has 0 fully saturated rings. The average molecular weight is 210 g/mol. The van der Waals surface area contributed by atoms with E-state index >= 15 is 0 Å². The molecule has 0 rings (SSSR count). The van der Waals surface area contributed by atoms with E-state index in [1.165, 1.54) is 51.4 Å². The molecule has 1 radical (unpaired) electrons. The second-order valence-electron chi connectivity index (χ2n) is 4.16. The van der Waals surface area contributed by atoms with Gasteiger partial charge in [0.05, 0.1) is 0 Å². The summed E-state index contributed by atoms with van der Waals surface area (Å²) in [6.07, 6.45) is 15.1. The fraction of sp³-hybridized carbons (Fsp3) is 0.857. The van der Waals surface area contributed by atoms with E-state index in [0.29, 0.717) is 0 Å². The molecule has 89 valence electrons. The molecule has 0 aliphatic rings. The van der Waals surface area contributed by atoms with Gasteiger partial charge in [-0.2, -0.15) is 0 Å². The second-order valence-corrected chi connectivity index (χ2v) is 4.16. The van der Waals surface area contributed by atoms with Crippen LogP contribution in [0, 0.1) is 0 Å². The van der Waals surface area contributed by atoms with Gasteiger partial charge in [-0.15, -0.1) is 0 Å². The lowest BCUT2D eigenvalue weighted by Crippen LogP contribution is -2.06. The van der Waals surface area contributed by atoms with Gasteiger partial charge in [-0.3, -0.25) is 0 Å². The van der Waals surface area contributed by atoms with Gasteiger partial charge in [-0.1, -0.05) is 64.5 Å². The highest BCUT2D eigenvalue weighted by molar-refractivity contribution is 4.82. The van der Waals surface area contributed by atoms with Crippen LogP contribution < -0.4 is 5.32 Å². The Balaban J connectivity index is 2.92. The molecule has 0 atom stereocenters. The van der Waals surface area contributed by atoms with Crippen LogP contribution in [0.3, 0.4) is 0 Å². The van der Waals surface area contributed by atoms with Gasteiger partial charge in [-0.05, 0) is 12.8 Å². The van der Waals surface area contributed by atoms with Crippen LogP contribution in [-0.4, -0.2) is 13.1 Å². The maximum Gasteiger partial charge on any atom is 0.0314 e. The van der Waals surface area contributed by atoms with Crippen LogP contribution in [0.4, 0.5) is 0 Å². The smallest absolute Gasteiger partial charge is 0.0314 e. The van der Waals surface area contributed by atoms with Crippen LogP contribution in [-0.2, 0) is 0 Å². The Morgan fingerprint density at radius 1 is 0.800 bits per heavy atom. The fourth-order valence-electron chi connectivity index (χ4n) is 1.53. The summed E-state index contributed by atoms with van der Waals surface area (Å²) in [6.45, 7) is 6.45. The molecule has 0 saturated carbocycles. The number of unbranched alkanes of at least 4 members (excludes halogenated alkanes) is 6. The molecule has 0 saturated heterocycles. The van der Waals surface area contributed by atoms with Crippen molar-refractivity contribution in [1.82, 2.24) is 5.32 Å². The quantitative estimate of drug-likeness (QED) is 0.356. The van der Waals surface area contributed by atoms with Crippen molar-refractivity contribution >= 4 is 0 Å². The van der Waals surface area contributed by atoms with Crippen LogP contribution >= 0.6 is 0 Å². The predicted molar refractivity (Wildman–Crippen MR) is 69.3 cm³/mol. The van der Waals surface area contributed by atoms with Gasteiger partial charge in [-0.25, -0.2) is 5.32 Å². The molecule has 1 nitrogen and oxygen atoms in total. The van der Waals surface area contributed by atoms with Crippen LogP contribution in [0.15, 0.2) is 12.2 Å². The van der Waals surface area contributed by atoms with E-state index in [4.69, 9.17) is 0 Å². The maximum atomic E-state index is 4.47. The van der Waals surface area contributed by atoms with Gasteiger partial charge < -0.3 is 0 Å². The highest BCUT2D eigenvalue weighted by atomic mass is 14.8. The van der Waals surface area contributed by atoms with Crippen molar-refractivity contribution in [2.45, 2.75) is 65.2 Å². The lowest BCUT2D eigenvalue weighted by atomic mass is 10.1. The molecule has 0 aromatic heterocycles. The van der Waals surface area contributed by atoms with Gasteiger partial charge >= 0.3 is 0 Å². The fourth-order valence-corrected chi connectivity index (χ4v) is 1.53. The SMILES string of the molecule is CCC/C=C/C[N]CCCCCCCC. The first-order valence-electron chi connectivity index (χ1n) is 6.70. The summed E-state index contributed by atoms with van der Waals surface area (Å²) < 4.78 is 0. The van der Waals surface area contributed by atoms with E-state index < -0.39 is 0 Å². The Bertz CT molecular complexity index is 129. The van der Waals surface area contributed by atoms with Crippen molar-refractivity contribution in [3.63, 3.8) is 0 Å². The number of allylic oxidation sites excluding steroid dienone is 1. The maximum absolute atomic E-state index is 4.47. The number of nitrogens with zero attached hydrogens (tertiary/aromatic N) is 1. The van der Waals surface area contributed by atoms with Crippen LogP contribution in [0.25, 0.3) is 0 Å². The molecule has 0 aliphatic carbocycles. The molecule has 0 aromatic carbocycles. The van der Waals surface area contributed by atoms with Crippen molar-refractivity contribution in [3.05, 3.63) is 12.2 Å². The molecule has 0 amide bonds. The molecular weight excluding hydrogens is 182 g/mol. The molecule has 0 N–H and O–H groups in total. The zero-order valence-electron chi connectivity index (χ0n) is 10.7. The van der Waals surface area contributed by atoms with Gasteiger partial charge in [0.25, 0.3) is 0 Å². The Kier molecular flexibility index (Phi) is 13.4. The van der Waals surface area contributed by atoms with Crippen LogP contribution in [0.5, 0.6) is 0 Å². The first kappa shape index (κ1) is 14.7. The van der Waals surface area contributed by atoms with Gasteiger partial charge in [0.1, 0.15) is 0 Å². The van der Waals surface area contributed by atoms with E-state index in [9.17, 15) is 0 Å². The van der Waals surface area contributed by atoms with Gasteiger partial charge in [0.15, 0.2) is 0 Å². The van der Waals surface area contributed by atoms with Crippen molar-refractivity contribution in [3.8, 4) is 0 Å². The van der Waals surface area contributed by atoms with E-state index in [2.05, 4.69) is 31.3 Å². The Morgan fingerprint density at radius 3 is 2.27 bits per heavy atom. The summed E-state index contributed by atoms with van der Waals surface area (Å²) in [7, 11) is 0. The molecule has 0 aliphatic heterocycles. The summed E-state index contributed by atoms with van der Waals surface area (Å²) >= 11 is 0. The summed E-state index contributed by atoms with van der Waals surface area (Å²) in [4.78, 5) is 0. The molecule has 0 bridgehead atoms. The number of rotatable bonds is 11. The number of hydrogen-bond acceptors (Lipinski definition) is 0. The van der Waals surface area contributed by atoms with Crippen molar-refractivity contribution in [2.75, 3.05) is 13.1 Å². The van der Waals surface area contributed by atoms with Crippen molar-refractivity contribution in [1.29, 1.82) is 0 Å².